The average Bonchev–Trinajstić information content (AvgIpc) is 2.72. The summed E-state index contributed by atoms with van der Waals surface area (Å²) >= 11 is 7.11. The fourth-order valence-corrected chi connectivity index (χ4v) is 4.03. The van der Waals surface area contributed by atoms with Gasteiger partial charge in [-0.25, -0.2) is 4.98 Å². The minimum atomic E-state index is -0.341. The predicted molar refractivity (Wildman–Crippen MR) is 118 cm³/mol. The second kappa shape index (κ2) is 9.76. The molecule has 1 atom stereocenters. The first-order valence-corrected chi connectivity index (χ1v) is 10.4. The summed E-state index contributed by atoms with van der Waals surface area (Å²) in [5.41, 5.74) is 1.03. The quantitative estimate of drug-likeness (QED) is 0.440. The number of para-hydroxylation sites is 1. The lowest BCUT2D eigenvalue weighted by Gasteiger charge is -2.18. The number of hydrogen-bond donors (Lipinski definition) is 1. The fourth-order valence-electron chi connectivity index (χ4n) is 2.97. The lowest BCUT2D eigenvalue weighted by Crippen LogP contribution is -2.29. The summed E-state index contributed by atoms with van der Waals surface area (Å²) in [4.78, 5) is 30.1. The second-order valence-electron chi connectivity index (χ2n) is 6.53. The van der Waals surface area contributed by atoms with E-state index in [0.29, 0.717) is 38.9 Å². The van der Waals surface area contributed by atoms with Crippen molar-refractivity contribution >= 4 is 45.9 Å². The number of benzene rings is 2. The Balaban J connectivity index is 1.87. The van der Waals surface area contributed by atoms with E-state index in [-0.39, 0.29) is 23.3 Å². The van der Waals surface area contributed by atoms with E-state index in [1.807, 2.05) is 13.0 Å². The van der Waals surface area contributed by atoms with Crippen molar-refractivity contribution in [2.24, 2.45) is 0 Å². The lowest BCUT2D eigenvalue weighted by atomic mass is 10.2. The van der Waals surface area contributed by atoms with E-state index in [2.05, 4.69) is 10.3 Å². The van der Waals surface area contributed by atoms with Gasteiger partial charge in [0.15, 0.2) is 5.16 Å². The van der Waals surface area contributed by atoms with E-state index in [0.717, 1.165) is 11.8 Å². The van der Waals surface area contributed by atoms with Gasteiger partial charge in [0.05, 0.1) is 40.6 Å². The number of halogens is 1. The first-order valence-electron chi connectivity index (χ1n) is 9.07. The molecule has 1 heterocycles. The van der Waals surface area contributed by atoms with E-state index < -0.39 is 0 Å². The normalized spacial score (nSPS) is 11.8. The Morgan fingerprint density at radius 2 is 2.13 bits per heavy atom. The SMILES string of the molecule is COCC(C)n1c(SCC(=O)Nc2cc(Cl)ccc2C#N)nc2ccccc2c1=O. The zero-order valence-corrected chi connectivity index (χ0v) is 18.0. The van der Waals surface area contributed by atoms with Crippen LogP contribution < -0.4 is 10.9 Å². The molecule has 3 rings (SSSR count). The number of fused-ring (bicyclic) bond motifs is 1. The number of nitrogens with one attached hydrogen (secondary N) is 1. The molecule has 0 saturated heterocycles. The van der Waals surface area contributed by atoms with E-state index in [9.17, 15) is 14.9 Å². The summed E-state index contributed by atoms with van der Waals surface area (Å²) < 4.78 is 6.75. The maximum absolute atomic E-state index is 13.0. The molecule has 30 heavy (non-hydrogen) atoms. The third-order valence-corrected chi connectivity index (χ3v) is 5.52. The highest BCUT2D eigenvalue weighted by Crippen LogP contribution is 2.23. The maximum atomic E-state index is 13.0. The smallest absolute Gasteiger partial charge is 0.262 e. The molecule has 0 fully saturated rings. The number of anilines is 1. The van der Waals surface area contributed by atoms with Crippen LogP contribution in [0.4, 0.5) is 5.69 Å². The van der Waals surface area contributed by atoms with Crippen LogP contribution in [-0.4, -0.2) is 34.9 Å². The van der Waals surface area contributed by atoms with Crippen LogP contribution in [0.5, 0.6) is 0 Å². The number of hydrogen-bond acceptors (Lipinski definition) is 6. The molecule has 0 bridgehead atoms. The van der Waals surface area contributed by atoms with Crippen molar-refractivity contribution in [2.75, 3.05) is 24.8 Å². The molecule has 3 aromatic rings. The molecule has 0 spiro atoms. The summed E-state index contributed by atoms with van der Waals surface area (Å²) in [6.07, 6.45) is 0. The monoisotopic (exact) mass is 442 g/mol. The van der Waals surface area contributed by atoms with Gasteiger partial charge in [-0.1, -0.05) is 35.5 Å². The first kappa shape index (κ1) is 21.8. The van der Waals surface area contributed by atoms with Gasteiger partial charge >= 0.3 is 0 Å². The first-order chi connectivity index (χ1) is 14.4. The van der Waals surface area contributed by atoms with Crippen molar-refractivity contribution in [3.63, 3.8) is 0 Å². The largest absolute Gasteiger partial charge is 0.383 e. The van der Waals surface area contributed by atoms with E-state index in [1.165, 1.54) is 6.07 Å². The number of methoxy groups -OCH3 is 1. The van der Waals surface area contributed by atoms with Gasteiger partial charge in [-0.2, -0.15) is 5.26 Å². The highest BCUT2D eigenvalue weighted by atomic mass is 35.5. The van der Waals surface area contributed by atoms with E-state index in [1.54, 1.807) is 48.1 Å². The molecule has 9 heteroatoms. The number of carbonyl (C=O) groups is 1. The molecule has 1 aromatic heterocycles. The van der Waals surface area contributed by atoms with Crippen LogP contribution in [0.15, 0.2) is 52.4 Å². The Bertz CT molecular complexity index is 1190. The average molecular weight is 443 g/mol. The summed E-state index contributed by atoms with van der Waals surface area (Å²) in [7, 11) is 1.56. The van der Waals surface area contributed by atoms with Crippen molar-refractivity contribution in [3.8, 4) is 6.07 Å². The lowest BCUT2D eigenvalue weighted by molar-refractivity contribution is -0.113. The predicted octanol–water partition coefficient (Wildman–Crippen LogP) is 3.86. The molecule has 0 aliphatic rings. The highest BCUT2D eigenvalue weighted by molar-refractivity contribution is 7.99. The van der Waals surface area contributed by atoms with Gasteiger partial charge in [-0.3, -0.25) is 14.2 Å². The molecule has 0 aliphatic carbocycles. The number of amides is 1. The number of rotatable bonds is 7. The van der Waals surface area contributed by atoms with Crippen LogP contribution in [0, 0.1) is 11.3 Å². The number of nitriles is 1. The van der Waals surface area contributed by atoms with Crippen LogP contribution in [0.2, 0.25) is 5.02 Å². The molecular formula is C21H19ClN4O3S. The van der Waals surface area contributed by atoms with Gasteiger partial charge in [0.1, 0.15) is 6.07 Å². The zero-order valence-electron chi connectivity index (χ0n) is 16.4. The summed E-state index contributed by atoms with van der Waals surface area (Å²) in [6.45, 7) is 2.18. The molecule has 1 unspecified atom stereocenters. The van der Waals surface area contributed by atoms with Gasteiger partial charge in [0.25, 0.3) is 5.56 Å². The maximum Gasteiger partial charge on any atom is 0.262 e. The van der Waals surface area contributed by atoms with Crippen LogP contribution in [-0.2, 0) is 9.53 Å². The molecule has 7 nitrogen and oxygen atoms in total. The van der Waals surface area contributed by atoms with E-state index in [4.69, 9.17) is 16.3 Å². The molecule has 1 N–H and O–H groups in total. The Morgan fingerprint density at radius 1 is 1.37 bits per heavy atom. The van der Waals surface area contributed by atoms with Gasteiger partial charge in [0.2, 0.25) is 5.91 Å². The molecule has 2 aromatic carbocycles. The fraction of sp³-hybridized carbons (Fsp3) is 0.238. The topological polar surface area (TPSA) is 97.0 Å². The van der Waals surface area contributed by atoms with Crippen LogP contribution >= 0.6 is 23.4 Å². The Kier molecular flexibility index (Phi) is 7.11. The molecular weight excluding hydrogens is 424 g/mol. The minimum Gasteiger partial charge on any atom is -0.383 e. The zero-order chi connectivity index (χ0) is 21.7. The van der Waals surface area contributed by atoms with Crippen LogP contribution in [0.3, 0.4) is 0 Å². The summed E-state index contributed by atoms with van der Waals surface area (Å²) in [5, 5.41) is 13.2. The van der Waals surface area contributed by atoms with Crippen LogP contribution in [0.1, 0.15) is 18.5 Å². The minimum absolute atomic E-state index is 0.00185. The van der Waals surface area contributed by atoms with Crippen molar-refractivity contribution in [1.29, 1.82) is 5.26 Å². The summed E-state index contributed by atoms with van der Waals surface area (Å²) in [5.74, 6) is -0.339. The highest BCUT2D eigenvalue weighted by Gasteiger charge is 2.18. The molecule has 0 saturated carbocycles. The number of carbonyl (C=O) groups excluding carboxylic acids is 1. The summed E-state index contributed by atoms with van der Waals surface area (Å²) in [6, 6.07) is 13.5. The molecule has 0 radical (unpaired) electrons. The van der Waals surface area contributed by atoms with Gasteiger partial charge in [-0.05, 0) is 37.3 Å². The third kappa shape index (κ3) is 4.82. The number of thioether (sulfide) groups is 1. The van der Waals surface area contributed by atoms with Crippen molar-refractivity contribution in [3.05, 3.63) is 63.4 Å². The van der Waals surface area contributed by atoms with Crippen LogP contribution in [0.25, 0.3) is 10.9 Å². The standard InChI is InChI=1S/C21H19ClN4O3S/c1-13(11-29-2)26-20(28)16-5-3-4-6-17(16)25-21(26)30-12-19(27)24-18-9-15(22)8-7-14(18)10-23/h3-9,13H,11-12H2,1-2H3,(H,24,27). The number of ether oxygens (including phenoxy) is 1. The van der Waals surface area contributed by atoms with Gasteiger partial charge in [0, 0.05) is 12.1 Å². The third-order valence-electron chi connectivity index (χ3n) is 4.33. The molecule has 1 amide bonds. The molecule has 154 valence electrons. The number of nitrogens with zero attached hydrogens (tertiary/aromatic N) is 3. The van der Waals surface area contributed by atoms with Gasteiger partial charge in [-0.15, -0.1) is 0 Å². The Morgan fingerprint density at radius 3 is 2.87 bits per heavy atom. The second-order valence-corrected chi connectivity index (χ2v) is 7.91. The van der Waals surface area contributed by atoms with Crippen molar-refractivity contribution < 1.29 is 9.53 Å². The number of aromatic nitrogens is 2. The van der Waals surface area contributed by atoms with Crippen molar-refractivity contribution in [1.82, 2.24) is 9.55 Å². The van der Waals surface area contributed by atoms with E-state index >= 15 is 0 Å². The Hall–Kier alpha value is -2.86. The molecule has 0 aliphatic heterocycles. The van der Waals surface area contributed by atoms with Gasteiger partial charge < -0.3 is 10.1 Å². The Labute approximate surface area is 182 Å². The van der Waals surface area contributed by atoms with Crippen molar-refractivity contribution in [2.45, 2.75) is 18.1 Å².